The van der Waals surface area contributed by atoms with E-state index in [1.165, 1.54) is 0 Å². The van der Waals surface area contributed by atoms with Crippen molar-refractivity contribution in [3.63, 3.8) is 0 Å². The van der Waals surface area contributed by atoms with Crippen molar-refractivity contribution in [1.82, 2.24) is 30.1 Å². The van der Waals surface area contributed by atoms with Crippen molar-refractivity contribution < 1.29 is 0 Å². The smallest absolute Gasteiger partial charge is 0.224 e. The highest BCUT2D eigenvalue weighted by Gasteiger charge is 2.20. The van der Waals surface area contributed by atoms with E-state index in [0.29, 0.717) is 41.9 Å². The monoisotopic (exact) mass is 494 g/mol. The molecule has 1 aliphatic rings. The lowest BCUT2D eigenvalue weighted by molar-refractivity contribution is 0.410. The Hall–Kier alpha value is -3.34. The standard InChI is InChI=1S/C24H30N10.ClH/c25-12-10-19(15-4-2-1-3-5-15)30-23-27-13-11-20(31-23)21-18-14-28-24(32-22(18)34-33-21)29-17-8-6-16(26)7-9-17;/h1-5,11,13-14,16-17,19H,6-10,12,25-26H2,(H,27,30,31)(H2,28,29,32,33,34);1H. The molecule has 1 saturated carbocycles. The lowest BCUT2D eigenvalue weighted by atomic mass is 9.92. The number of nitrogens with two attached hydrogens (primary N) is 2. The first-order valence-corrected chi connectivity index (χ1v) is 11.8. The number of aromatic nitrogens is 6. The van der Waals surface area contributed by atoms with Crippen LogP contribution in [0.3, 0.4) is 0 Å². The average Bonchev–Trinajstić information content (AvgIpc) is 3.29. The van der Waals surface area contributed by atoms with Gasteiger partial charge in [-0.1, -0.05) is 30.3 Å². The zero-order valence-electron chi connectivity index (χ0n) is 19.4. The minimum Gasteiger partial charge on any atom is -0.351 e. The van der Waals surface area contributed by atoms with Gasteiger partial charge in [-0.3, -0.25) is 5.10 Å². The number of fused-ring (bicyclic) bond motifs is 1. The topological polar surface area (TPSA) is 156 Å². The molecule has 1 aromatic carbocycles. The summed E-state index contributed by atoms with van der Waals surface area (Å²) in [5.41, 5.74) is 15.1. The van der Waals surface area contributed by atoms with Crippen molar-refractivity contribution in [3.05, 3.63) is 54.4 Å². The molecule has 7 N–H and O–H groups in total. The summed E-state index contributed by atoms with van der Waals surface area (Å²) in [6.07, 6.45) is 8.38. The fourth-order valence-electron chi connectivity index (χ4n) is 4.41. The minimum absolute atomic E-state index is 0. The SMILES string of the molecule is Cl.NCCC(Nc1nccc(-c2[nH]nc3nc(NC4CCC(N)CC4)ncc23)n1)c1ccccc1. The lowest BCUT2D eigenvalue weighted by Gasteiger charge is -2.26. The van der Waals surface area contributed by atoms with Gasteiger partial charge in [0.15, 0.2) is 5.65 Å². The minimum atomic E-state index is 0. The number of H-pyrrole nitrogens is 1. The molecule has 0 saturated heterocycles. The van der Waals surface area contributed by atoms with Gasteiger partial charge in [0.1, 0.15) is 0 Å². The van der Waals surface area contributed by atoms with Gasteiger partial charge in [-0.2, -0.15) is 10.1 Å². The van der Waals surface area contributed by atoms with Gasteiger partial charge in [0, 0.05) is 24.5 Å². The van der Waals surface area contributed by atoms with Gasteiger partial charge in [-0.05, 0) is 50.3 Å². The van der Waals surface area contributed by atoms with E-state index in [2.05, 4.69) is 47.9 Å². The third kappa shape index (κ3) is 5.84. The second-order valence-corrected chi connectivity index (χ2v) is 8.74. The second-order valence-electron chi connectivity index (χ2n) is 8.74. The summed E-state index contributed by atoms with van der Waals surface area (Å²) in [7, 11) is 0. The van der Waals surface area contributed by atoms with Crippen LogP contribution in [-0.4, -0.2) is 48.8 Å². The number of benzene rings is 1. The van der Waals surface area contributed by atoms with E-state index < -0.39 is 0 Å². The predicted octanol–water partition coefficient (Wildman–Crippen LogP) is 3.42. The van der Waals surface area contributed by atoms with Crippen LogP contribution in [0, 0.1) is 0 Å². The van der Waals surface area contributed by atoms with E-state index in [1.54, 1.807) is 12.4 Å². The van der Waals surface area contributed by atoms with E-state index in [-0.39, 0.29) is 18.4 Å². The Morgan fingerprint density at radius 2 is 1.80 bits per heavy atom. The number of hydrogen-bond acceptors (Lipinski definition) is 9. The maximum Gasteiger partial charge on any atom is 0.224 e. The molecule has 1 fully saturated rings. The van der Waals surface area contributed by atoms with E-state index >= 15 is 0 Å². The Balaban J connectivity index is 0.00000289. The maximum atomic E-state index is 6.01. The van der Waals surface area contributed by atoms with E-state index in [1.807, 2.05) is 24.3 Å². The molecule has 0 spiro atoms. The third-order valence-electron chi connectivity index (χ3n) is 6.29. The molecule has 0 radical (unpaired) electrons. The normalized spacial score (nSPS) is 18.6. The number of halogens is 1. The lowest BCUT2D eigenvalue weighted by Crippen LogP contribution is -2.33. The maximum absolute atomic E-state index is 6.01. The van der Waals surface area contributed by atoms with Crippen LogP contribution in [0.1, 0.15) is 43.7 Å². The molecule has 0 bridgehead atoms. The quantitative estimate of drug-likeness (QED) is 0.247. The van der Waals surface area contributed by atoms with Gasteiger partial charge < -0.3 is 22.1 Å². The Morgan fingerprint density at radius 3 is 2.57 bits per heavy atom. The van der Waals surface area contributed by atoms with Crippen LogP contribution in [0.5, 0.6) is 0 Å². The summed E-state index contributed by atoms with van der Waals surface area (Å²) in [4.78, 5) is 18.3. The van der Waals surface area contributed by atoms with Gasteiger partial charge in [0.2, 0.25) is 11.9 Å². The molecule has 11 heteroatoms. The van der Waals surface area contributed by atoms with Crippen LogP contribution < -0.4 is 22.1 Å². The first kappa shape index (κ1) is 24.8. The van der Waals surface area contributed by atoms with Gasteiger partial charge in [0.25, 0.3) is 0 Å². The number of aromatic amines is 1. The molecule has 10 nitrogen and oxygen atoms in total. The molecule has 35 heavy (non-hydrogen) atoms. The van der Waals surface area contributed by atoms with Crippen LogP contribution in [0.4, 0.5) is 11.9 Å². The third-order valence-corrected chi connectivity index (χ3v) is 6.29. The van der Waals surface area contributed by atoms with Crippen molar-refractivity contribution in [3.8, 4) is 11.4 Å². The second kappa shape index (κ2) is 11.4. The summed E-state index contributed by atoms with van der Waals surface area (Å²) in [6.45, 7) is 0.554. The first-order valence-electron chi connectivity index (χ1n) is 11.8. The number of rotatable bonds is 8. The summed E-state index contributed by atoms with van der Waals surface area (Å²) in [6, 6.07) is 12.7. The molecule has 0 aliphatic heterocycles. The predicted molar refractivity (Wildman–Crippen MR) is 140 cm³/mol. The van der Waals surface area contributed by atoms with Crippen LogP contribution >= 0.6 is 12.4 Å². The van der Waals surface area contributed by atoms with E-state index in [4.69, 9.17) is 16.5 Å². The van der Waals surface area contributed by atoms with E-state index in [9.17, 15) is 0 Å². The fraction of sp³-hybridized carbons (Fsp3) is 0.375. The Kier molecular flexibility index (Phi) is 8.06. The molecule has 184 valence electrons. The fourth-order valence-corrected chi connectivity index (χ4v) is 4.41. The van der Waals surface area contributed by atoms with Crippen molar-refractivity contribution >= 4 is 35.3 Å². The van der Waals surface area contributed by atoms with Crippen LogP contribution in [-0.2, 0) is 0 Å². The highest BCUT2D eigenvalue weighted by atomic mass is 35.5. The van der Waals surface area contributed by atoms with Crippen LogP contribution in [0.25, 0.3) is 22.4 Å². The van der Waals surface area contributed by atoms with Crippen LogP contribution in [0.2, 0.25) is 0 Å². The van der Waals surface area contributed by atoms with Gasteiger partial charge in [-0.25, -0.2) is 15.0 Å². The molecule has 4 aromatic rings. The van der Waals surface area contributed by atoms with Gasteiger partial charge in [-0.15, -0.1) is 12.4 Å². The zero-order valence-corrected chi connectivity index (χ0v) is 20.2. The summed E-state index contributed by atoms with van der Waals surface area (Å²) >= 11 is 0. The molecule has 1 atom stereocenters. The molecule has 3 heterocycles. The Labute approximate surface area is 210 Å². The summed E-state index contributed by atoms with van der Waals surface area (Å²) in [5.74, 6) is 1.11. The highest BCUT2D eigenvalue weighted by Crippen LogP contribution is 2.27. The average molecular weight is 495 g/mol. The Morgan fingerprint density at radius 1 is 1.00 bits per heavy atom. The van der Waals surface area contributed by atoms with Crippen molar-refractivity contribution in [2.75, 3.05) is 17.2 Å². The first-order chi connectivity index (χ1) is 16.7. The largest absolute Gasteiger partial charge is 0.351 e. The van der Waals surface area contributed by atoms with E-state index in [0.717, 1.165) is 48.7 Å². The number of hydrogen-bond donors (Lipinski definition) is 5. The number of nitrogens with zero attached hydrogens (tertiary/aromatic N) is 5. The summed E-state index contributed by atoms with van der Waals surface area (Å²) in [5, 5.41) is 15.1. The summed E-state index contributed by atoms with van der Waals surface area (Å²) < 4.78 is 0. The van der Waals surface area contributed by atoms with Crippen molar-refractivity contribution in [1.29, 1.82) is 0 Å². The Bertz CT molecular complexity index is 1220. The van der Waals surface area contributed by atoms with Crippen LogP contribution in [0.15, 0.2) is 48.8 Å². The zero-order chi connectivity index (χ0) is 23.3. The molecule has 0 amide bonds. The number of anilines is 2. The van der Waals surface area contributed by atoms with Gasteiger partial charge >= 0.3 is 0 Å². The molecule has 1 aliphatic carbocycles. The van der Waals surface area contributed by atoms with Gasteiger partial charge in [0.05, 0.1) is 22.8 Å². The number of nitrogens with one attached hydrogen (secondary N) is 3. The molecule has 1 unspecified atom stereocenters. The van der Waals surface area contributed by atoms with Crippen molar-refractivity contribution in [2.24, 2.45) is 11.5 Å². The highest BCUT2D eigenvalue weighted by molar-refractivity contribution is 5.89. The van der Waals surface area contributed by atoms with Crippen molar-refractivity contribution in [2.45, 2.75) is 50.2 Å². The molecule has 5 rings (SSSR count). The molecule has 3 aromatic heterocycles. The molecular formula is C24H31ClN10. The molecular weight excluding hydrogens is 464 g/mol.